The van der Waals surface area contributed by atoms with Crippen LogP contribution >= 0.6 is 0 Å². The van der Waals surface area contributed by atoms with E-state index in [1.165, 1.54) is 0 Å². The van der Waals surface area contributed by atoms with Crippen LogP contribution in [0, 0.1) is 5.92 Å². The van der Waals surface area contributed by atoms with Crippen molar-refractivity contribution in [3.05, 3.63) is 48.4 Å². The van der Waals surface area contributed by atoms with E-state index >= 15 is 0 Å². The minimum Gasteiger partial charge on any atom is -0.491 e. The number of rotatable bonds is 4. The summed E-state index contributed by atoms with van der Waals surface area (Å²) in [5.41, 5.74) is 0.253. The second kappa shape index (κ2) is 7.52. The monoisotopic (exact) mass is 368 g/mol. The summed E-state index contributed by atoms with van der Waals surface area (Å²) in [5, 5.41) is 13.1. The van der Waals surface area contributed by atoms with Crippen molar-refractivity contribution >= 4 is 11.7 Å². The van der Waals surface area contributed by atoms with Crippen LogP contribution in [-0.2, 0) is 11.2 Å². The first-order valence-electron chi connectivity index (χ1n) is 9.34. The van der Waals surface area contributed by atoms with Crippen molar-refractivity contribution in [1.29, 1.82) is 0 Å². The van der Waals surface area contributed by atoms with Gasteiger partial charge in [-0.2, -0.15) is 0 Å². The van der Waals surface area contributed by atoms with Crippen LogP contribution in [0.4, 0.5) is 5.82 Å². The molecule has 0 spiro atoms. The van der Waals surface area contributed by atoms with Gasteiger partial charge in [-0.05, 0) is 24.5 Å². The lowest BCUT2D eigenvalue weighted by Gasteiger charge is -2.39. The van der Waals surface area contributed by atoms with E-state index in [0.29, 0.717) is 6.42 Å². The van der Waals surface area contributed by atoms with Gasteiger partial charge in [0.15, 0.2) is 0 Å². The number of aliphatic hydroxyl groups excluding tert-OH is 1. The number of hydrogen-bond donors (Lipinski definition) is 2. The molecule has 0 bridgehead atoms. The summed E-state index contributed by atoms with van der Waals surface area (Å²) in [6.45, 7) is 1.67. The van der Waals surface area contributed by atoms with Gasteiger partial charge in [0, 0.05) is 37.8 Å². The van der Waals surface area contributed by atoms with E-state index in [0.717, 1.165) is 43.1 Å². The Hall–Kier alpha value is -2.67. The number of aromatic nitrogens is 2. The molecule has 1 fully saturated rings. The molecule has 2 aromatic rings. The molecular formula is C20H24N4O3. The Morgan fingerprint density at radius 2 is 2.11 bits per heavy atom. The summed E-state index contributed by atoms with van der Waals surface area (Å²) < 4.78 is 5.80. The van der Waals surface area contributed by atoms with Crippen molar-refractivity contribution in [1.82, 2.24) is 15.3 Å². The second-order valence-corrected chi connectivity index (χ2v) is 7.33. The van der Waals surface area contributed by atoms with Crippen LogP contribution < -0.4 is 15.0 Å². The number of aliphatic hydroxyl groups is 1. The molecule has 2 aliphatic rings. The zero-order chi connectivity index (χ0) is 18.7. The lowest BCUT2D eigenvalue weighted by Crippen LogP contribution is -2.60. The van der Waals surface area contributed by atoms with Crippen LogP contribution in [0.25, 0.3) is 0 Å². The van der Waals surface area contributed by atoms with Crippen molar-refractivity contribution < 1.29 is 14.6 Å². The van der Waals surface area contributed by atoms with Gasteiger partial charge in [-0.3, -0.25) is 9.78 Å². The molecule has 27 heavy (non-hydrogen) atoms. The average Bonchev–Trinajstić information content (AvgIpc) is 2.74. The third-order valence-corrected chi connectivity index (χ3v) is 5.44. The molecule has 0 radical (unpaired) electrons. The molecule has 7 heteroatoms. The van der Waals surface area contributed by atoms with Gasteiger partial charge < -0.3 is 20.1 Å². The van der Waals surface area contributed by atoms with Gasteiger partial charge in [-0.25, -0.2) is 4.98 Å². The first-order valence-corrected chi connectivity index (χ1v) is 9.34. The van der Waals surface area contributed by atoms with Crippen LogP contribution in [0.15, 0.2) is 42.9 Å². The van der Waals surface area contributed by atoms with Crippen molar-refractivity contribution in [2.75, 3.05) is 31.2 Å². The molecule has 0 saturated carbocycles. The molecule has 3 heterocycles. The number of ether oxygens (including phenoxy) is 1. The average molecular weight is 368 g/mol. The Labute approximate surface area is 158 Å². The summed E-state index contributed by atoms with van der Waals surface area (Å²) in [7, 11) is 0. The van der Waals surface area contributed by atoms with Crippen LogP contribution in [0.5, 0.6) is 5.75 Å². The number of carbonyl (C=O) groups excluding carboxylic acids is 1. The van der Waals surface area contributed by atoms with E-state index in [4.69, 9.17) is 4.74 Å². The third kappa shape index (κ3) is 3.73. The van der Waals surface area contributed by atoms with Gasteiger partial charge in [-0.15, -0.1) is 0 Å². The Kier molecular flexibility index (Phi) is 4.94. The quantitative estimate of drug-likeness (QED) is 0.843. The topological polar surface area (TPSA) is 87.6 Å². The highest BCUT2D eigenvalue weighted by atomic mass is 16.5. The van der Waals surface area contributed by atoms with E-state index in [-0.39, 0.29) is 25.0 Å². The fourth-order valence-electron chi connectivity index (χ4n) is 3.83. The molecule has 7 nitrogen and oxygen atoms in total. The Bertz CT molecular complexity index is 793. The maximum atomic E-state index is 12.9. The summed E-state index contributed by atoms with van der Waals surface area (Å²) in [6.07, 6.45) is 7.16. The first kappa shape index (κ1) is 17.7. The largest absolute Gasteiger partial charge is 0.491 e. The molecule has 1 aromatic heterocycles. The Balaban J connectivity index is 1.38. The van der Waals surface area contributed by atoms with Gasteiger partial charge in [-0.1, -0.05) is 18.2 Å². The molecular weight excluding hydrogens is 344 g/mol. The molecule has 1 atom stereocenters. The van der Waals surface area contributed by atoms with E-state index in [1.807, 2.05) is 24.3 Å². The number of carbonyl (C=O) groups is 1. The summed E-state index contributed by atoms with van der Waals surface area (Å²) >= 11 is 0. The highest BCUT2D eigenvalue weighted by Gasteiger charge is 2.39. The van der Waals surface area contributed by atoms with E-state index in [2.05, 4.69) is 20.2 Å². The number of benzene rings is 1. The Morgan fingerprint density at radius 1 is 1.30 bits per heavy atom. The summed E-state index contributed by atoms with van der Waals surface area (Å²) in [5.74, 6) is 1.60. The van der Waals surface area contributed by atoms with E-state index in [1.54, 1.807) is 18.6 Å². The molecule has 1 unspecified atom stereocenters. The molecule has 1 amide bonds. The van der Waals surface area contributed by atoms with Crippen LogP contribution in [0.3, 0.4) is 0 Å². The zero-order valence-corrected chi connectivity index (χ0v) is 15.2. The van der Waals surface area contributed by atoms with Crippen LogP contribution in [-0.4, -0.2) is 52.8 Å². The predicted molar refractivity (Wildman–Crippen MR) is 101 cm³/mol. The van der Waals surface area contributed by atoms with Crippen molar-refractivity contribution in [2.45, 2.75) is 24.8 Å². The first-order chi connectivity index (χ1) is 13.2. The lowest BCUT2D eigenvalue weighted by molar-refractivity contribution is -0.129. The van der Waals surface area contributed by atoms with E-state index in [9.17, 15) is 9.90 Å². The number of nitrogens with one attached hydrogen (secondary N) is 1. The van der Waals surface area contributed by atoms with Crippen molar-refractivity contribution in [2.24, 2.45) is 5.92 Å². The molecule has 1 aromatic carbocycles. The predicted octanol–water partition coefficient (Wildman–Crippen LogP) is 1.18. The number of hydrogen-bond acceptors (Lipinski definition) is 6. The highest BCUT2D eigenvalue weighted by molar-refractivity contribution is 5.80. The van der Waals surface area contributed by atoms with Crippen LogP contribution in [0.1, 0.15) is 18.4 Å². The highest BCUT2D eigenvalue weighted by Crippen LogP contribution is 2.30. The Morgan fingerprint density at radius 3 is 2.85 bits per heavy atom. The van der Waals surface area contributed by atoms with Crippen molar-refractivity contribution in [3.63, 3.8) is 0 Å². The number of nitrogens with zero attached hydrogens (tertiary/aromatic N) is 3. The smallest absolute Gasteiger partial charge is 0.223 e. The normalized spacial score (nSPS) is 22.6. The number of fused-ring (bicyclic) bond motifs is 1. The molecule has 2 N–H and O–H groups in total. The fraction of sp³-hybridized carbons (Fsp3) is 0.450. The van der Waals surface area contributed by atoms with Gasteiger partial charge >= 0.3 is 0 Å². The SMILES string of the molecule is O=C(NC1(CO)COc2ccccc2C1)C1CCN(c2cnccn2)CC1. The molecule has 2 aliphatic heterocycles. The summed E-state index contributed by atoms with van der Waals surface area (Å²) in [6, 6.07) is 7.76. The number of para-hydroxylation sites is 1. The van der Waals surface area contributed by atoms with Crippen molar-refractivity contribution in [3.8, 4) is 5.75 Å². The fourth-order valence-corrected chi connectivity index (χ4v) is 3.83. The lowest BCUT2D eigenvalue weighted by atomic mass is 9.87. The summed E-state index contributed by atoms with van der Waals surface area (Å²) in [4.78, 5) is 23.4. The van der Waals surface area contributed by atoms with Gasteiger partial charge in [0.1, 0.15) is 23.7 Å². The number of amides is 1. The molecule has 142 valence electrons. The number of anilines is 1. The third-order valence-electron chi connectivity index (χ3n) is 5.44. The maximum Gasteiger partial charge on any atom is 0.223 e. The molecule has 1 saturated heterocycles. The number of piperidine rings is 1. The molecule has 4 rings (SSSR count). The zero-order valence-electron chi connectivity index (χ0n) is 15.2. The van der Waals surface area contributed by atoms with Gasteiger partial charge in [0.25, 0.3) is 0 Å². The molecule has 0 aliphatic carbocycles. The van der Waals surface area contributed by atoms with Gasteiger partial charge in [0.05, 0.1) is 12.8 Å². The standard InChI is InChI=1S/C20H24N4O3/c25-13-20(11-16-3-1-2-4-17(16)27-14-20)23-19(26)15-5-9-24(10-6-15)18-12-21-7-8-22-18/h1-4,7-8,12,15,25H,5-6,9-11,13-14H2,(H,23,26). The minimum absolute atomic E-state index is 0.00849. The minimum atomic E-state index is -0.756. The second-order valence-electron chi connectivity index (χ2n) is 7.33. The maximum absolute atomic E-state index is 12.9. The van der Waals surface area contributed by atoms with Crippen LogP contribution in [0.2, 0.25) is 0 Å². The van der Waals surface area contributed by atoms with Gasteiger partial charge in [0.2, 0.25) is 5.91 Å². The van der Waals surface area contributed by atoms with E-state index < -0.39 is 5.54 Å².